The summed E-state index contributed by atoms with van der Waals surface area (Å²) < 4.78 is 26.1. The maximum atomic E-state index is 14.0. The van der Waals surface area contributed by atoms with Gasteiger partial charge in [-0.1, -0.05) is 6.08 Å². The van der Waals surface area contributed by atoms with Gasteiger partial charge in [-0.3, -0.25) is 4.99 Å². The van der Waals surface area contributed by atoms with Crippen LogP contribution in [0.2, 0.25) is 0 Å². The van der Waals surface area contributed by atoms with E-state index >= 15 is 0 Å². The van der Waals surface area contributed by atoms with E-state index in [-0.39, 0.29) is 18.2 Å². The van der Waals surface area contributed by atoms with Gasteiger partial charge in [0.1, 0.15) is 18.1 Å². The van der Waals surface area contributed by atoms with Gasteiger partial charge in [-0.25, -0.2) is 9.37 Å². The first-order valence-electron chi connectivity index (χ1n) is 9.57. The highest BCUT2D eigenvalue weighted by atomic mass is 19.1. The Hall–Kier alpha value is -3.81. The Labute approximate surface area is 173 Å². The number of hydrogen-bond donors (Lipinski definition) is 3. The first kappa shape index (κ1) is 19.5. The van der Waals surface area contributed by atoms with Crippen LogP contribution in [0.4, 0.5) is 10.2 Å². The molecule has 0 unspecified atom stereocenters. The molecule has 7 nitrogen and oxygen atoms in total. The van der Waals surface area contributed by atoms with E-state index in [1.807, 2.05) is 19.1 Å². The van der Waals surface area contributed by atoms with Gasteiger partial charge in [-0.05, 0) is 37.3 Å². The first-order chi connectivity index (χ1) is 14.6. The van der Waals surface area contributed by atoms with E-state index in [0.717, 1.165) is 5.56 Å². The Kier molecular flexibility index (Phi) is 5.38. The number of halogens is 1. The molecule has 3 heterocycles. The topological polar surface area (TPSA) is 108 Å². The molecule has 0 radical (unpaired) electrons. The summed E-state index contributed by atoms with van der Waals surface area (Å²) in [5.74, 6) is 1.13. The van der Waals surface area contributed by atoms with Gasteiger partial charge >= 0.3 is 0 Å². The summed E-state index contributed by atoms with van der Waals surface area (Å²) >= 11 is 0. The zero-order chi connectivity index (χ0) is 21.1. The van der Waals surface area contributed by atoms with Gasteiger partial charge < -0.3 is 26.3 Å². The van der Waals surface area contributed by atoms with E-state index in [9.17, 15) is 4.39 Å². The largest absolute Gasteiger partial charge is 0.485 e. The fourth-order valence-corrected chi connectivity index (χ4v) is 3.34. The smallest absolute Gasteiger partial charge is 0.168 e. The van der Waals surface area contributed by atoms with Crippen LogP contribution in [0.5, 0.6) is 5.75 Å². The summed E-state index contributed by atoms with van der Waals surface area (Å²) in [6.45, 7) is 3.13. The van der Waals surface area contributed by atoms with Crippen LogP contribution in [-0.2, 0) is 11.3 Å². The number of nitrogens with two attached hydrogens (primary N) is 2. The molecule has 2 bridgehead atoms. The van der Waals surface area contributed by atoms with Gasteiger partial charge in [-0.2, -0.15) is 0 Å². The van der Waals surface area contributed by atoms with Crippen molar-refractivity contribution < 1.29 is 13.9 Å². The maximum absolute atomic E-state index is 14.0. The van der Waals surface area contributed by atoms with E-state index in [1.54, 1.807) is 18.3 Å². The van der Waals surface area contributed by atoms with Crippen LogP contribution < -0.4 is 21.5 Å². The van der Waals surface area contributed by atoms with Gasteiger partial charge in [0.05, 0.1) is 5.70 Å². The molecule has 0 amide bonds. The Balaban J connectivity index is 1.95. The monoisotopic (exact) mass is 407 g/mol. The molecule has 0 saturated carbocycles. The minimum atomic E-state index is -0.362. The molecule has 0 atom stereocenters. The molecular formula is C22H22FN5O2. The number of aromatic nitrogens is 1. The molecule has 0 fully saturated rings. The van der Waals surface area contributed by atoms with Crippen molar-refractivity contribution in [1.29, 1.82) is 0 Å². The number of nitrogen functional groups attached to an aromatic ring is 1. The van der Waals surface area contributed by atoms with Crippen molar-refractivity contribution in [3.63, 3.8) is 0 Å². The predicted octanol–water partition coefficient (Wildman–Crippen LogP) is 2.85. The molecule has 5 N–H and O–H groups in total. The van der Waals surface area contributed by atoms with E-state index in [4.69, 9.17) is 20.9 Å². The molecule has 0 saturated heterocycles. The van der Waals surface area contributed by atoms with Gasteiger partial charge in [-0.15, -0.1) is 0 Å². The summed E-state index contributed by atoms with van der Waals surface area (Å²) in [6.07, 6.45) is 6.73. The number of fused-ring (bicyclic) bond motifs is 4. The van der Waals surface area contributed by atoms with Crippen molar-refractivity contribution in [3.05, 3.63) is 82.8 Å². The lowest BCUT2D eigenvalue weighted by molar-refractivity contribution is 0.305. The third-order valence-corrected chi connectivity index (χ3v) is 4.71. The number of pyridine rings is 1. The highest BCUT2D eigenvalue weighted by Gasteiger charge is 2.22. The molecule has 0 aliphatic carbocycles. The lowest BCUT2D eigenvalue weighted by atomic mass is 10.0. The predicted molar refractivity (Wildman–Crippen MR) is 114 cm³/mol. The number of nitrogens with one attached hydrogen (secondary N) is 1. The number of benzene rings is 1. The molecule has 2 aromatic rings. The van der Waals surface area contributed by atoms with Crippen molar-refractivity contribution >= 4 is 17.2 Å². The normalized spacial score (nSPS) is 18.5. The van der Waals surface area contributed by atoms with Crippen LogP contribution in [0.25, 0.3) is 5.70 Å². The molecule has 0 spiro atoms. The molecule has 2 aliphatic heterocycles. The number of rotatable bonds is 1. The summed E-state index contributed by atoms with van der Waals surface area (Å²) in [6, 6.07) is 6.25. The standard InChI is InChI=1S/C22H22FN5O2/c1-2-26-20-13-9-18(22(25)28-11-13)29-12-14-8-15(23)5-6-16(14)21-17(4-3-7-27-21)30-19(20)10-24/h3-6,8-11,27H,2,7,12,24H2,1H3,(H2,25,28)/b19-10+,26-20?. The molecule has 4 rings (SSSR count). The van der Waals surface area contributed by atoms with Crippen molar-refractivity contribution in [2.75, 3.05) is 18.8 Å². The number of dihydropyridines is 1. The van der Waals surface area contributed by atoms with Gasteiger partial charge in [0, 0.05) is 42.2 Å². The Morgan fingerprint density at radius 3 is 3.00 bits per heavy atom. The van der Waals surface area contributed by atoms with Crippen LogP contribution in [-0.4, -0.2) is 23.8 Å². The van der Waals surface area contributed by atoms with Crippen LogP contribution in [0.3, 0.4) is 0 Å². The minimum Gasteiger partial charge on any atom is -0.485 e. The van der Waals surface area contributed by atoms with Gasteiger partial charge in [0.2, 0.25) is 0 Å². The molecule has 8 heteroatoms. The molecule has 2 aliphatic rings. The number of aliphatic imine (C=N–C) groups is 1. The second-order valence-corrected chi connectivity index (χ2v) is 6.68. The van der Waals surface area contributed by atoms with Crippen LogP contribution in [0.1, 0.15) is 23.6 Å². The fourth-order valence-electron chi connectivity index (χ4n) is 3.34. The van der Waals surface area contributed by atoms with Crippen LogP contribution >= 0.6 is 0 Å². The minimum absolute atomic E-state index is 0.102. The van der Waals surface area contributed by atoms with E-state index in [1.165, 1.54) is 18.3 Å². The fraction of sp³-hybridized carbons (Fsp3) is 0.182. The second kappa shape index (κ2) is 8.28. The van der Waals surface area contributed by atoms with Crippen LogP contribution in [0.15, 0.2) is 65.3 Å². The number of ether oxygens (including phenoxy) is 2. The molecule has 154 valence electrons. The Morgan fingerprint density at radius 1 is 1.33 bits per heavy atom. The van der Waals surface area contributed by atoms with Gasteiger partial charge in [0.25, 0.3) is 0 Å². The van der Waals surface area contributed by atoms with E-state index in [0.29, 0.717) is 52.9 Å². The summed E-state index contributed by atoms with van der Waals surface area (Å²) in [7, 11) is 0. The summed E-state index contributed by atoms with van der Waals surface area (Å²) in [5.41, 5.74) is 15.2. The zero-order valence-electron chi connectivity index (χ0n) is 16.5. The highest BCUT2D eigenvalue weighted by Crippen LogP contribution is 2.30. The van der Waals surface area contributed by atoms with Gasteiger partial charge in [0.15, 0.2) is 23.1 Å². The SMILES string of the molecule is CCN=C1/C(=C\N)OC2=C(NCC=C2)c2ccc(F)cc2COc2cc1cnc2N. The van der Waals surface area contributed by atoms with Crippen molar-refractivity contribution in [3.8, 4) is 5.75 Å². The number of nitrogens with zero attached hydrogens (tertiary/aromatic N) is 2. The number of hydrogen-bond acceptors (Lipinski definition) is 7. The first-order valence-corrected chi connectivity index (χ1v) is 9.57. The average Bonchev–Trinajstić information content (AvgIpc) is 2.75. The average molecular weight is 407 g/mol. The van der Waals surface area contributed by atoms with Crippen molar-refractivity contribution in [1.82, 2.24) is 10.3 Å². The zero-order valence-corrected chi connectivity index (χ0v) is 16.5. The maximum Gasteiger partial charge on any atom is 0.168 e. The molecule has 1 aromatic carbocycles. The Morgan fingerprint density at radius 2 is 2.20 bits per heavy atom. The third-order valence-electron chi connectivity index (χ3n) is 4.71. The third kappa shape index (κ3) is 3.71. The second-order valence-electron chi connectivity index (χ2n) is 6.68. The lowest BCUT2D eigenvalue weighted by Crippen LogP contribution is -2.22. The van der Waals surface area contributed by atoms with E-state index in [2.05, 4.69) is 15.3 Å². The van der Waals surface area contributed by atoms with E-state index < -0.39 is 0 Å². The molecule has 1 aromatic heterocycles. The summed E-state index contributed by atoms with van der Waals surface area (Å²) in [4.78, 5) is 8.77. The van der Waals surface area contributed by atoms with Crippen LogP contribution in [0, 0.1) is 5.82 Å². The van der Waals surface area contributed by atoms with Crippen molar-refractivity contribution in [2.24, 2.45) is 10.7 Å². The highest BCUT2D eigenvalue weighted by molar-refractivity contribution is 6.11. The quantitative estimate of drug-likeness (QED) is 0.671. The Bertz CT molecular complexity index is 1100. The summed E-state index contributed by atoms with van der Waals surface area (Å²) in [5, 5.41) is 3.30. The number of allylic oxidation sites excluding steroid dienone is 2. The molecule has 30 heavy (non-hydrogen) atoms. The lowest BCUT2D eigenvalue weighted by Gasteiger charge is -2.23. The molecular weight excluding hydrogens is 385 g/mol. The van der Waals surface area contributed by atoms with Crippen molar-refractivity contribution in [2.45, 2.75) is 13.5 Å². The number of anilines is 1.